The number of rotatable bonds is 6. The van der Waals surface area contributed by atoms with Gasteiger partial charge in [0, 0.05) is 111 Å². The van der Waals surface area contributed by atoms with Gasteiger partial charge < -0.3 is 24.4 Å². The van der Waals surface area contributed by atoms with Gasteiger partial charge in [-0.05, 0) is 84.7 Å². The monoisotopic (exact) mass is 993 g/mol. The fourth-order valence-corrected chi connectivity index (χ4v) is 6.05. The van der Waals surface area contributed by atoms with Crippen molar-refractivity contribution in [2.24, 2.45) is 0 Å². The number of hydrogen-bond acceptors (Lipinski definition) is 13. The maximum atomic E-state index is 10.5. The van der Waals surface area contributed by atoms with Gasteiger partial charge in [0.05, 0.1) is 44.6 Å². The number of hydrogen-bond donors (Lipinski definition) is 5. The van der Waals surface area contributed by atoms with E-state index < -0.39 is 9.85 Å². The van der Waals surface area contributed by atoms with Crippen LogP contribution in [0.5, 0.6) is 0 Å². The van der Waals surface area contributed by atoms with Crippen molar-refractivity contribution in [1.82, 2.24) is 40.8 Å². The number of nitro groups is 2. The summed E-state index contributed by atoms with van der Waals surface area (Å²) < 4.78 is 24.0. The maximum absolute atomic E-state index is 10.5. The second-order valence-corrected chi connectivity index (χ2v) is 17.3. The number of H-pyrrole nitrogens is 4. The molecule has 2 fully saturated rings. The van der Waals surface area contributed by atoms with Crippen molar-refractivity contribution in [2.75, 3.05) is 5.73 Å². The molecule has 3 aromatic carbocycles. The fourth-order valence-electron chi connectivity index (χ4n) is 5.66. The molecule has 7 aromatic rings. The van der Waals surface area contributed by atoms with Gasteiger partial charge in [-0.25, -0.2) is 0 Å². The SMILES string of the molecule is CC1(C)OB(c2cn[nH]c2)OC1(C)C.CC1(C)OB(c2cn[nH]c2)OC1(C)C.Nc1cccc(-c2cn[nH]c2)c1.O=[N+]([O-])c1cccc(-c2cn[nH]c2)c1.O=[N+]([O-])c1cccc(Br)c1.[Fe]. The summed E-state index contributed by atoms with van der Waals surface area (Å²) in [6.07, 6.45) is 14.0. The zero-order chi connectivity index (χ0) is 46.7. The number of aromatic nitrogens is 8. The first-order valence-corrected chi connectivity index (χ1v) is 20.6. The first-order chi connectivity index (χ1) is 30.2. The average molecular weight is 994 g/mol. The average Bonchev–Trinajstić information content (AvgIpc) is 4.11. The van der Waals surface area contributed by atoms with Crippen LogP contribution in [-0.4, -0.2) is 87.3 Å². The second kappa shape index (κ2) is 22.3. The van der Waals surface area contributed by atoms with Crippen molar-refractivity contribution >= 4 is 58.2 Å². The van der Waals surface area contributed by atoms with E-state index in [0.29, 0.717) is 0 Å². The molecular formula is C42H50B2BrFeN11O8. The van der Waals surface area contributed by atoms with Gasteiger partial charge in [-0.1, -0.05) is 46.3 Å². The Morgan fingerprint density at radius 3 is 1.25 bits per heavy atom. The zero-order valence-electron chi connectivity index (χ0n) is 37.0. The van der Waals surface area contributed by atoms with Crippen LogP contribution in [0.3, 0.4) is 0 Å². The Kier molecular flexibility index (Phi) is 17.7. The molecule has 0 unspecified atom stereocenters. The van der Waals surface area contributed by atoms with Crippen molar-refractivity contribution in [3.8, 4) is 22.3 Å². The van der Waals surface area contributed by atoms with E-state index in [4.69, 9.17) is 24.4 Å². The van der Waals surface area contributed by atoms with E-state index in [1.54, 1.807) is 67.6 Å². The molecule has 2 aliphatic rings. The van der Waals surface area contributed by atoms with E-state index >= 15 is 0 Å². The van der Waals surface area contributed by atoms with E-state index in [0.717, 1.165) is 43.3 Å². The number of non-ortho nitro benzene ring substituents is 2. The minimum Gasteiger partial charge on any atom is -0.399 e. The molecule has 342 valence electrons. The predicted octanol–water partition coefficient (Wildman–Crippen LogP) is 7.42. The third kappa shape index (κ3) is 14.0. The van der Waals surface area contributed by atoms with Gasteiger partial charge >= 0.3 is 14.2 Å². The molecule has 0 amide bonds. The molecule has 65 heavy (non-hydrogen) atoms. The topological polar surface area (TPSA) is 264 Å². The second-order valence-electron chi connectivity index (χ2n) is 16.4. The molecule has 0 aliphatic carbocycles. The molecule has 9 rings (SSSR count). The summed E-state index contributed by atoms with van der Waals surface area (Å²) in [4.78, 5) is 19.8. The van der Waals surface area contributed by atoms with Crippen LogP contribution in [0.2, 0.25) is 0 Å². The number of anilines is 1. The van der Waals surface area contributed by atoms with Crippen molar-refractivity contribution in [3.63, 3.8) is 0 Å². The summed E-state index contributed by atoms with van der Waals surface area (Å²) in [5.41, 5.74) is 11.1. The largest absolute Gasteiger partial charge is 0.498 e. The first kappa shape index (κ1) is 51.7. The Bertz CT molecular complexity index is 2450. The van der Waals surface area contributed by atoms with Crippen LogP contribution >= 0.6 is 15.9 Å². The molecule has 0 bridgehead atoms. The minimum atomic E-state index is -0.426. The van der Waals surface area contributed by atoms with Crippen LogP contribution in [0.25, 0.3) is 22.3 Å². The standard InChI is InChI=1S/2C9H15BN2O2.C9H7N3O2.C9H9N3.C6H4BrNO2.Fe/c2*1-8(2)9(3,4)14-10(13-8)7-5-11-12-6-7;13-12(14)9-3-1-2-7(4-9)8-5-10-11-6-8;10-9-3-1-2-7(4-9)8-5-11-12-6-8;7-5-2-1-3-6(4-5)8(9)10;/h2*5-6H,1-4H3,(H,11,12);1-6H,(H,10,11);1-6H,10H2,(H,11,12);1-4H;. The quantitative estimate of drug-likeness (QED) is 0.0471. The smallest absolute Gasteiger partial charge is 0.399 e. The molecule has 19 nitrogen and oxygen atoms in total. The van der Waals surface area contributed by atoms with Crippen molar-refractivity contribution in [2.45, 2.75) is 77.8 Å². The third-order valence-corrected chi connectivity index (χ3v) is 11.2. The molecule has 6 N–H and O–H groups in total. The van der Waals surface area contributed by atoms with Crippen LogP contribution in [0.1, 0.15) is 55.4 Å². The number of aromatic amines is 4. The van der Waals surface area contributed by atoms with Gasteiger partial charge in [-0.2, -0.15) is 20.4 Å². The Morgan fingerprint density at radius 1 is 0.538 bits per heavy atom. The molecule has 0 radical (unpaired) electrons. The Labute approximate surface area is 395 Å². The molecule has 2 aliphatic heterocycles. The van der Waals surface area contributed by atoms with E-state index in [9.17, 15) is 20.2 Å². The molecule has 0 spiro atoms. The van der Waals surface area contributed by atoms with Crippen molar-refractivity contribution in [1.29, 1.82) is 0 Å². The fraction of sp³-hybridized carbons (Fsp3) is 0.286. The van der Waals surface area contributed by atoms with Crippen LogP contribution in [0.4, 0.5) is 17.1 Å². The first-order valence-electron chi connectivity index (χ1n) is 19.8. The zero-order valence-corrected chi connectivity index (χ0v) is 39.7. The van der Waals surface area contributed by atoms with Crippen LogP contribution < -0.4 is 16.7 Å². The van der Waals surface area contributed by atoms with E-state index in [-0.39, 0.29) is 65.1 Å². The minimum absolute atomic E-state index is 0. The number of nitrogens with one attached hydrogen (secondary N) is 4. The maximum Gasteiger partial charge on any atom is 0.498 e. The van der Waals surface area contributed by atoms with E-state index in [2.05, 4.69) is 56.7 Å². The number of nitrogen functional groups attached to an aromatic ring is 1. The summed E-state index contributed by atoms with van der Waals surface area (Å²) in [7, 11) is -0.613. The predicted molar refractivity (Wildman–Crippen MR) is 249 cm³/mol. The van der Waals surface area contributed by atoms with E-state index in [1.165, 1.54) is 24.3 Å². The summed E-state index contributed by atoms with van der Waals surface area (Å²) in [5, 5.41) is 47.0. The number of nitrogens with zero attached hydrogens (tertiary/aromatic N) is 6. The van der Waals surface area contributed by atoms with Crippen molar-refractivity contribution in [3.05, 3.63) is 147 Å². The molecular weight excluding hydrogens is 944 g/mol. The summed E-state index contributed by atoms with van der Waals surface area (Å²) in [5.74, 6) is 0. The Balaban J connectivity index is 0.000000178. The molecule has 0 saturated carbocycles. The number of halogens is 1. The summed E-state index contributed by atoms with van der Waals surface area (Å²) in [6.45, 7) is 16.3. The normalized spacial score (nSPS) is 15.8. The van der Waals surface area contributed by atoms with Crippen molar-refractivity contribution < 1.29 is 45.5 Å². The van der Waals surface area contributed by atoms with E-state index in [1.807, 2.05) is 85.9 Å². The van der Waals surface area contributed by atoms with Gasteiger partial charge in [0.1, 0.15) is 0 Å². The summed E-state index contributed by atoms with van der Waals surface area (Å²) in [6, 6.07) is 20.4. The van der Waals surface area contributed by atoms with Gasteiger partial charge in [0.15, 0.2) is 0 Å². The van der Waals surface area contributed by atoms with Crippen LogP contribution in [-0.2, 0) is 35.7 Å². The third-order valence-electron chi connectivity index (χ3n) is 10.7. The molecule has 23 heteroatoms. The number of nitro benzene ring substituents is 2. The molecule has 4 aromatic heterocycles. The Morgan fingerprint density at radius 2 is 0.908 bits per heavy atom. The molecule has 6 heterocycles. The molecule has 2 saturated heterocycles. The van der Waals surface area contributed by atoms with Gasteiger partial charge in [-0.15, -0.1) is 0 Å². The summed E-state index contributed by atoms with van der Waals surface area (Å²) >= 11 is 3.13. The van der Waals surface area contributed by atoms with Gasteiger partial charge in [-0.3, -0.25) is 40.6 Å². The van der Waals surface area contributed by atoms with Crippen LogP contribution in [0.15, 0.2) is 127 Å². The van der Waals surface area contributed by atoms with Gasteiger partial charge in [0.25, 0.3) is 11.4 Å². The molecule has 0 atom stereocenters. The Hall–Kier alpha value is -5.93. The van der Waals surface area contributed by atoms with Crippen LogP contribution in [0, 0.1) is 20.2 Å². The number of benzene rings is 3. The van der Waals surface area contributed by atoms with Gasteiger partial charge in [0.2, 0.25) is 0 Å². The number of nitrogens with two attached hydrogens (primary N) is 1.